The fourth-order valence-corrected chi connectivity index (χ4v) is 2.17. The summed E-state index contributed by atoms with van der Waals surface area (Å²) in [6, 6.07) is -0.451. The highest BCUT2D eigenvalue weighted by atomic mass is 79.9. The number of halogens is 1. The number of hydrogen-bond acceptors (Lipinski definition) is 4. The van der Waals surface area contributed by atoms with Crippen LogP contribution >= 0.6 is 15.9 Å². The molecule has 0 saturated carbocycles. The Balaban J connectivity index is 2.56. The molecule has 1 atom stereocenters. The predicted molar refractivity (Wildman–Crippen MR) is 64.7 cm³/mol. The van der Waals surface area contributed by atoms with Crippen molar-refractivity contribution in [1.29, 1.82) is 0 Å². The third-order valence-corrected chi connectivity index (χ3v) is 2.85. The predicted octanol–water partition coefficient (Wildman–Crippen LogP) is 1.40. The zero-order valence-corrected chi connectivity index (χ0v) is 10.5. The molecular weight excluding hydrogens is 290 g/mol. The van der Waals surface area contributed by atoms with Crippen molar-refractivity contribution < 1.29 is 9.90 Å². The van der Waals surface area contributed by atoms with Crippen molar-refractivity contribution in [3.63, 3.8) is 0 Å². The van der Waals surface area contributed by atoms with Crippen LogP contribution in [0.15, 0.2) is 17.0 Å². The van der Waals surface area contributed by atoms with E-state index in [1.54, 1.807) is 17.5 Å². The molecule has 90 valence electrons. The van der Waals surface area contributed by atoms with Crippen molar-refractivity contribution in [2.45, 2.75) is 13.0 Å². The highest BCUT2D eigenvalue weighted by Crippen LogP contribution is 2.25. The fourth-order valence-electron chi connectivity index (χ4n) is 1.60. The SMILES string of the molecule is CC(NC(=O)O)c1nc(Br)c2c(N)nccn12. The summed E-state index contributed by atoms with van der Waals surface area (Å²) in [6.07, 6.45) is 2.11. The second-order valence-corrected chi connectivity index (χ2v) is 4.21. The van der Waals surface area contributed by atoms with Gasteiger partial charge in [0.15, 0.2) is 5.82 Å². The molecule has 1 unspecified atom stereocenters. The van der Waals surface area contributed by atoms with Crippen molar-refractivity contribution in [2.75, 3.05) is 5.73 Å². The van der Waals surface area contributed by atoms with E-state index in [0.29, 0.717) is 21.8 Å². The van der Waals surface area contributed by atoms with Gasteiger partial charge >= 0.3 is 6.09 Å². The number of nitrogens with zero attached hydrogens (tertiary/aromatic N) is 3. The lowest BCUT2D eigenvalue weighted by Gasteiger charge is -2.10. The van der Waals surface area contributed by atoms with E-state index < -0.39 is 12.1 Å². The number of amides is 1. The van der Waals surface area contributed by atoms with E-state index in [1.165, 1.54) is 6.20 Å². The smallest absolute Gasteiger partial charge is 0.405 e. The number of carboxylic acid groups (broad SMARTS) is 1. The molecule has 0 saturated heterocycles. The summed E-state index contributed by atoms with van der Waals surface area (Å²) in [6.45, 7) is 1.70. The Kier molecular flexibility index (Phi) is 2.88. The van der Waals surface area contributed by atoms with E-state index in [9.17, 15) is 4.79 Å². The molecule has 2 heterocycles. The quantitative estimate of drug-likeness (QED) is 0.777. The first kappa shape index (κ1) is 11.6. The minimum atomic E-state index is -1.10. The molecular formula is C9H10BrN5O2. The molecule has 0 aliphatic carbocycles. The monoisotopic (exact) mass is 299 g/mol. The van der Waals surface area contributed by atoms with Gasteiger partial charge in [0.25, 0.3) is 0 Å². The number of fused-ring (bicyclic) bond motifs is 1. The Morgan fingerprint density at radius 3 is 3.06 bits per heavy atom. The van der Waals surface area contributed by atoms with E-state index in [4.69, 9.17) is 10.8 Å². The Labute approximate surface area is 105 Å². The van der Waals surface area contributed by atoms with E-state index >= 15 is 0 Å². The van der Waals surface area contributed by atoms with Gasteiger partial charge in [0.1, 0.15) is 15.9 Å². The van der Waals surface area contributed by atoms with Crippen molar-refractivity contribution in [1.82, 2.24) is 19.7 Å². The van der Waals surface area contributed by atoms with Gasteiger partial charge in [-0.2, -0.15) is 0 Å². The molecule has 0 fully saturated rings. The van der Waals surface area contributed by atoms with Gasteiger partial charge in [-0.25, -0.2) is 14.8 Å². The van der Waals surface area contributed by atoms with E-state index in [0.717, 1.165) is 0 Å². The largest absolute Gasteiger partial charge is 0.465 e. The lowest BCUT2D eigenvalue weighted by atomic mass is 10.3. The van der Waals surface area contributed by atoms with Crippen LogP contribution < -0.4 is 11.1 Å². The molecule has 2 rings (SSSR count). The van der Waals surface area contributed by atoms with Crippen molar-refractivity contribution in [2.24, 2.45) is 0 Å². The number of hydrogen-bond donors (Lipinski definition) is 3. The third-order valence-electron chi connectivity index (χ3n) is 2.30. The van der Waals surface area contributed by atoms with Crippen LogP contribution in [0, 0.1) is 0 Å². The molecule has 4 N–H and O–H groups in total. The Bertz CT molecular complexity index is 582. The molecule has 2 aromatic heterocycles. The minimum Gasteiger partial charge on any atom is -0.465 e. The molecule has 0 spiro atoms. The van der Waals surface area contributed by atoms with Crippen LogP contribution in [0.2, 0.25) is 0 Å². The zero-order chi connectivity index (χ0) is 12.6. The summed E-state index contributed by atoms with van der Waals surface area (Å²) >= 11 is 3.28. The normalized spacial score (nSPS) is 12.6. The average Bonchev–Trinajstić information content (AvgIpc) is 2.56. The summed E-state index contributed by atoms with van der Waals surface area (Å²) in [5.74, 6) is 0.879. The maximum Gasteiger partial charge on any atom is 0.405 e. The molecule has 0 aliphatic rings. The fraction of sp³-hybridized carbons (Fsp3) is 0.222. The van der Waals surface area contributed by atoms with Gasteiger partial charge < -0.3 is 16.2 Å². The molecule has 0 aromatic carbocycles. The molecule has 1 amide bonds. The molecule has 8 heteroatoms. The standard InChI is InChI=1S/C9H10BrN5O2/c1-4(13-9(16)17)8-14-6(10)5-7(11)12-2-3-15(5)8/h2-4,13H,1H3,(H2,11,12)(H,16,17). The number of nitrogens with two attached hydrogens (primary N) is 1. The number of rotatable bonds is 2. The van der Waals surface area contributed by atoms with E-state index in [-0.39, 0.29) is 0 Å². The summed E-state index contributed by atoms with van der Waals surface area (Å²) in [5.41, 5.74) is 6.36. The van der Waals surface area contributed by atoms with Crippen LogP contribution in [0.3, 0.4) is 0 Å². The van der Waals surface area contributed by atoms with Crippen LogP contribution in [-0.4, -0.2) is 25.6 Å². The summed E-state index contributed by atoms with van der Waals surface area (Å²) < 4.78 is 2.24. The lowest BCUT2D eigenvalue weighted by molar-refractivity contribution is 0.190. The van der Waals surface area contributed by atoms with Crippen molar-refractivity contribution in [3.8, 4) is 0 Å². The number of imidazole rings is 1. The van der Waals surface area contributed by atoms with Crippen molar-refractivity contribution >= 4 is 33.4 Å². The van der Waals surface area contributed by atoms with Gasteiger partial charge in [0, 0.05) is 12.4 Å². The van der Waals surface area contributed by atoms with Gasteiger partial charge in [0.05, 0.1) is 6.04 Å². The topological polar surface area (TPSA) is 106 Å². The molecule has 2 aromatic rings. The first-order chi connectivity index (χ1) is 8.00. The highest BCUT2D eigenvalue weighted by Gasteiger charge is 2.18. The number of aromatic nitrogens is 3. The highest BCUT2D eigenvalue weighted by molar-refractivity contribution is 9.10. The van der Waals surface area contributed by atoms with E-state index in [1.807, 2.05) is 0 Å². The van der Waals surface area contributed by atoms with Gasteiger partial charge in [0.2, 0.25) is 0 Å². The van der Waals surface area contributed by atoms with Crippen molar-refractivity contribution in [3.05, 3.63) is 22.8 Å². The zero-order valence-electron chi connectivity index (χ0n) is 8.88. The van der Waals surface area contributed by atoms with Gasteiger partial charge in [-0.3, -0.25) is 4.40 Å². The van der Waals surface area contributed by atoms with Crippen LogP contribution in [0.1, 0.15) is 18.8 Å². The van der Waals surface area contributed by atoms with Gasteiger partial charge in [-0.05, 0) is 22.9 Å². The second-order valence-electron chi connectivity index (χ2n) is 3.46. The van der Waals surface area contributed by atoms with Crippen LogP contribution in [0.25, 0.3) is 5.52 Å². The second kappa shape index (κ2) is 4.21. The first-order valence-electron chi connectivity index (χ1n) is 4.78. The molecule has 0 aliphatic heterocycles. The van der Waals surface area contributed by atoms with Crippen LogP contribution in [0.4, 0.5) is 10.6 Å². The molecule has 7 nitrogen and oxygen atoms in total. The first-order valence-corrected chi connectivity index (χ1v) is 5.57. The number of nitrogens with one attached hydrogen (secondary N) is 1. The van der Waals surface area contributed by atoms with Crippen LogP contribution in [0.5, 0.6) is 0 Å². The summed E-state index contributed by atoms with van der Waals surface area (Å²) in [4.78, 5) is 18.8. The summed E-state index contributed by atoms with van der Waals surface area (Å²) in [5, 5.41) is 11.0. The van der Waals surface area contributed by atoms with Gasteiger partial charge in [-0.15, -0.1) is 0 Å². The molecule has 17 heavy (non-hydrogen) atoms. The van der Waals surface area contributed by atoms with E-state index in [2.05, 4.69) is 31.2 Å². The maximum atomic E-state index is 10.6. The lowest BCUT2D eigenvalue weighted by Crippen LogP contribution is -2.26. The minimum absolute atomic E-state index is 0.334. The molecule has 0 bridgehead atoms. The number of carbonyl (C=O) groups is 1. The number of nitrogen functional groups attached to an aromatic ring is 1. The third kappa shape index (κ3) is 2.03. The van der Waals surface area contributed by atoms with Crippen LogP contribution in [-0.2, 0) is 0 Å². The Morgan fingerprint density at radius 1 is 1.71 bits per heavy atom. The maximum absolute atomic E-state index is 10.6. The summed E-state index contributed by atoms with van der Waals surface area (Å²) in [7, 11) is 0. The number of anilines is 1. The molecule has 0 radical (unpaired) electrons. The average molecular weight is 300 g/mol. The van der Waals surface area contributed by atoms with Gasteiger partial charge in [-0.1, -0.05) is 0 Å². The Hall–Kier alpha value is -1.83. The Morgan fingerprint density at radius 2 is 2.41 bits per heavy atom.